The van der Waals surface area contributed by atoms with Crippen LogP contribution in [0.1, 0.15) is 47.6 Å². The number of amides is 2. The molecule has 39 heavy (non-hydrogen) atoms. The van der Waals surface area contributed by atoms with Crippen LogP contribution in [0.5, 0.6) is 5.75 Å². The average molecular weight is 569 g/mol. The maximum Gasteiger partial charge on any atom is 0.238 e. The molecule has 2 saturated heterocycles. The zero-order valence-electron chi connectivity index (χ0n) is 21.4. The van der Waals surface area contributed by atoms with Crippen molar-refractivity contribution >= 4 is 40.7 Å². The Morgan fingerprint density at radius 1 is 1.03 bits per heavy atom. The van der Waals surface area contributed by atoms with E-state index in [0.29, 0.717) is 58.0 Å². The second-order valence-electron chi connectivity index (χ2n) is 11.0. The van der Waals surface area contributed by atoms with Crippen LogP contribution in [0.4, 0.5) is 10.1 Å². The van der Waals surface area contributed by atoms with Gasteiger partial charge in [0.15, 0.2) is 0 Å². The van der Waals surface area contributed by atoms with Gasteiger partial charge in [0.1, 0.15) is 17.0 Å². The monoisotopic (exact) mass is 568 g/mol. The van der Waals surface area contributed by atoms with Crippen molar-refractivity contribution in [3.05, 3.63) is 92.7 Å². The molecule has 2 N–H and O–H groups in total. The topological polar surface area (TPSA) is 76.7 Å². The molecular weight excluding hydrogens is 542 g/mol. The molecule has 3 aromatic rings. The standard InChI is InChI=1S/C30H27Cl2FN2O4/c1-16-3-6-19(33)11-20(16)27-30(22-7-4-18(32)10-24(22)34-28(30)37)23(12-26(36)35-27)21-9-17(31)5-8-25(21)39-15-29(2)13-38-14-29/h3-11,23,27H,12-15H2,1-2H3,(H,34,37)(H,35,36)/t23-,27+,30?/m1/s1. The minimum Gasteiger partial charge on any atom is -0.493 e. The van der Waals surface area contributed by atoms with Gasteiger partial charge in [-0.3, -0.25) is 9.59 Å². The van der Waals surface area contributed by atoms with Gasteiger partial charge in [-0.2, -0.15) is 0 Å². The maximum atomic E-state index is 14.6. The Kier molecular flexibility index (Phi) is 6.36. The summed E-state index contributed by atoms with van der Waals surface area (Å²) in [6.45, 7) is 5.49. The van der Waals surface area contributed by atoms with Gasteiger partial charge in [-0.15, -0.1) is 0 Å². The van der Waals surface area contributed by atoms with Crippen LogP contribution in [-0.4, -0.2) is 31.6 Å². The first-order chi connectivity index (χ1) is 18.6. The summed E-state index contributed by atoms with van der Waals surface area (Å²) < 4.78 is 26.3. The number of halogens is 3. The van der Waals surface area contributed by atoms with Crippen molar-refractivity contribution in [3.8, 4) is 5.75 Å². The van der Waals surface area contributed by atoms with Gasteiger partial charge in [-0.05, 0) is 66.1 Å². The van der Waals surface area contributed by atoms with Crippen molar-refractivity contribution in [2.45, 2.75) is 37.6 Å². The van der Waals surface area contributed by atoms with Gasteiger partial charge in [-0.25, -0.2) is 4.39 Å². The van der Waals surface area contributed by atoms with E-state index in [9.17, 15) is 14.0 Å². The Morgan fingerprint density at radius 3 is 2.51 bits per heavy atom. The number of aryl methyl sites for hydroxylation is 1. The second-order valence-corrected chi connectivity index (χ2v) is 11.9. The zero-order valence-corrected chi connectivity index (χ0v) is 23.0. The molecule has 3 heterocycles. The highest BCUT2D eigenvalue weighted by molar-refractivity contribution is 6.31. The Hall–Kier alpha value is -3.13. The number of anilines is 1. The molecule has 3 aliphatic rings. The molecule has 2 fully saturated rings. The van der Waals surface area contributed by atoms with E-state index in [1.54, 1.807) is 42.5 Å². The molecule has 9 heteroatoms. The highest BCUT2D eigenvalue weighted by atomic mass is 35.5. The fourth-order valence-corrected chi connectivity index (χ4v) is 6.50. The van der Waals surface area contributed by atoms with Crippen molar-refractivity contribution in [2.24, 2.45) is 5.41 Å². The summed E-state index contributed by atoms with van der Waals surface area (Å²) in [4.78, 5) is 27.6. The number of nitrogens with one attached hydrogen (secondary N) is 2. The minimum absolute atomic E-state index is 0.00255. The summed E-state index contributed by atoms with van der Waals surface area (Å²) >= 11 is 12.8. The fraction of sp³-hybridized carbons (Fsp3) is 0.333. The first-order valence-corrected chi connectivity index (χ1v) is 13.5. The molecule has 6 rings (SSSR count). The highest BCUT2D eigenvalue weighted by Gasteiger charge is 2.62. The van der Waals surface area contributed by atoms with Gasteiger partial charge in [-0.1, -0.05) is 42.3 Å². The number of piperidine rings is 1. The third-order valence-corrected chi connectivity index (χ3v) is 8.60. The summed E-state index contributed by atoms with van der Waals surface area (Å²) in [6, 6.07) is 14.0. The lowest BCUT2D eigenvalue weighted by atomic mass is 9.59. The first-order valence-electron chi connectivity index (χ1n) is 12.8. The molecule has 3 aliphatic heterocycles. The third-order valence-electron chi connectivity index (χ3n) is 8.13. The smallest absolute Gasteiger partial charge is 0.238 e. The van der Waals surface area contributed by atoms with Crippen molar-refractivity contribution in [2.75, 3.05) is 25.1 Å². The number of ether oxygens (including phenoxy) is 2. The van der Waals surface area contributed by atoms with Crippen molar-refractivity contribution in [1.29, 1.82) is 0 Å². The van der Waals surface area contributed by atoms with Crippen LogP contribution >= 0.6 is 23.2 Å². The predicted octanol–water partition coefficient (Wildman–Crippen LogP) is 6.09. The van der Waals surface area contributed by atoms with Gasteiger partial charge >= 0.3 is 0 Å². The van der Waals surface area contributed by atoms with E-state index in [4.69, 9.17) is 32.7 Å². The molecular formula is C30H27Cl2FN2O4. The minimum atomic E-state index is -1.33. The normalized spacial score (nSPS) is 25.1. The highest BCUT2D eigenvalue weighted by Crippen LogP contribution is 2.59. The maximum absolute atomic E-state index is 14.6. The molecule has 3 aromatic carbocycles. The summed E-state index contributed by atoms with van der Waals surface area (Å²) in [5.41, 5.74) is 1.66. The van der Waals surface area contributed by atoms with Gasteiger partial charge in [0.2, 0.25) is 11.8 Å². The molecule has 1 unspecified atom stereocenters. The Bertz CT molecular complexity index is 1510. The van der Waals surface area contributed by atoms with Crippen LogP contribution in [0.2, 0.25) is 10.0 Å². The molecule has 0 aliphatic carbocycles. The summed E-state index contributed by atoms with van der Waals surface area (Å²) in [6.07, 6.45) is -0.00255. The van der Waals surface area contributed by atoms with Gasteiger partial charge < -0.3 is 20.1 Å². The van der Waals surface area contributed by atoms with Crippen molar-refractivity contribution in [1.82, 2.24) is 5.32 Å². The van der Waals surface area contributed by atoms with E-state index in [1.165, 1.54) is 12.1 Å². The zero-order chi connectivity index (χ0) is 27.5. The molecule has 1 spiro atoms. The predicted molar refractivity (Wildman–Crippen MR) is 147 cm³/mol. The molecule has 6 nitrogen and oxygen atoms in total. The third kappa shape index (κ3) is 4.28. The van der Waals surface area contributed by atoms with Crippen LogP contribution in [-0.2, 0) is 19.7 Å². The molecule has 2 amide bonds. The van der Waals surface area contributed by atoms with Crippen molar-refractivity contribution in [3.63, 3.8) is 0 Å². The molecule has 202 valence electrons. The van der Waals surface area contributed by atoms with E-state index < -0.39 is 23.2 Å². The van der Waals surface area contributed by atoms with E-state index in [2.05, 4.69) is 17.6 Å². The summed E-state index contributed by atoms with van der Waals surface area (Å²) in [7, 11) is 0. The fourth-order valence-electron chi connectivity index (χ4n) is 6.15. The summed E-state index contributed by atoms with van der Waals surface area (Å²) in [5.74, 6) is -1.18. The van der Waals surface area contributed by atoms with Gasteiger partial charge in [0, 0.05) is 39.0 Å². The summed E-state index contributed by atoms with van der Waals surface area (Å²) in [5, 5.41) is 6.95. The quantitative estimate of drug-likeness (QED) is 0.390. The van der Waals surface area contributed by atoms with E-state index >= 15 is 0 Å². The average Bonchev–Trinajstić information content (AvgIpc) is 3.16. The van der Waals surface area contributed by atoms with Crippen LogP contribution in [0.15, 0.2) is 54.6 Å². The van der Waals surface area contributed by atoms with Gasteiger partial charge in [0.05, 0.1) is 25.9 Å². The largest absolute Gasteiger partial charge is 0.493 e. The van der Waals surface area contributed by atoms with Crippen molar-refractivity contribution < 1.29 is 23.5 Å². The molecule has 0 radical (unpaired) electrons. The SMILES string of the molecule is Cc1ccc(F)cc1[C@@H]1NC(=O)C[C@H](c2cc(Cl)ccc2OCC2(C)COC2)C12C(=O)Nc1cc(Cl)ccc12. The molecule has 3 atom stereocenters. The molecule has 0 bridgehead atoms. The van der Waals surface area contributed by atoms with Gasteiger partial charge in [0.25, 0.3) is 0 Å². The Balaban J connectivity index is 1.58. The van der Waals surface area contributed by atoms with E-state index in [0.717, 1.165) is 5.56 Å². The number of benzene rings is 3. The van der Waals surface area contributed by atoms with Crippen LogP contribution < -0.4 is 15.4 Å². The Morgan fingerprint density at radius 2 is 1.77 bits per heavy atom. The lowest BCUT2D eigenvalue weighted by Crippen LogP contribution is -2.57. The lowest BCUT2D eigenvalue weighted by Gasteiger charge is -2.47. The number of hydrogen-bond donors (Lipinski definition) is 2. The van der Waals surface area contributed by atoms with Crippen LogP contribution in [0.3, 0.4) is 0 Å². The number of carbonyl (C=O) groups excluding carboxylic acids is 2. The second kappa shape index (κ2) is 9.51. The number of hydrogen-bond acceptors (Lipinski definition) is 4. The van der Waals surface area contributed by atoms with Crippen LogP contribution in [0, 0.1) is 18.2 Å². The van der Waals surface area contributed by atoms with E-state index in [-0.39, 0.29) is 23.7 Å². The van der Waals surface area contributed by atoms with E-state index in [1.807, 2.05) is 6.92 Å². The number of carbonyl (C=O) groups is 2. The molecule has 0 saturated carbocycles. The number of fused-ring (bicyclic) bond motifs is 2. The first kappa shape index (κ1) is 26.1. The number of rotatable bonds is 5. The van der Waals surface area contributed by atoms with Crippen LogP contribution in [0.25, 0.3) is 0 Å². The lowest BCUT2D eigenvalue weighted by molar-refractivity contribution is -0.131. The Labute approximate surface area is 235 Å². The molecule has 0 aromatic heterocycles.